The van der Waals surface area contributed by atoms with E-state index in [2.05, 4.69) is 16.0 Å². The molecule has 5 nitrogen and oxygen atoms in total. The normalized spacial score (nSPS) is 10.9. The number of aromatic amines is 1. The number of nitriles is 1. The summed E-state index contributed by atoms with van der Waals surface area (Å²) in [5.41, 5.74) is 3.16. The third-order valence-corrected chi connectivity index (χ3v) is 6.17. The quantitative estimate of drug-likeness (QED) is 0.387. The van der Waals surface area contributed by atoms with Crippen molar-refractivity contribution in [1.82, 2.24) is 14.5 Å². The average Bonchev–Trinajstić information content (AvgIpc) is 3.33. The van der Waals surface area contributed by atoms with Crippen LogP contribution in [0.5, 0.6) is 0 Å². The molecule has 0 saturated carbocycles. The first-order chi connectivity index (χ1) is 13.3. The van der Waals surface area contributed by atoms with E-state index in [9.17, 15) is 10.1 Å². The molecule has 4 aromatic rings. The molecule has 0 radical (unpaired) electrons. The fourth-order valence-electron chi connectivity index (χ4n) is 2.92. The fraction of sp³-hybridized carbons (Fsp3) is 0.150. The van der Waals surface area contributed by atoms with Gasteiger partial charge in [-0.3, -0.25) is 4.57 Å². The minimum atomic E-state index is -0.0864. The molecule has 0 spiro atoms. The van der Waals surface area contributed by atoms with Crippen LogP contribution in [0.25, 0.3) is 21.6 Å². The van der Waals surface area contributed by atoms with E-state index in [1.54, 1.807) is 27.7 Å². The zero-order chi connectivity index (χ0) is 18.6. The first kappa shape index (κ1) is 17.6. The molecule has 0 amide bonds. The molecule has 7 heteroatoms. The van der Waals surface area contributed by atoms with Crippen molar-refractivity contribution < 1.29 is 0 Å². The molecule has 0 unspecified atom stereocenters. The number of fused-ring (bicyclic) bond motifs is 1. The first-order valence-electron chi connectivity index (χ1n) is 8.51. The number of imidazole rings is 1. The second-order valence-corrected chi connectivity index (χ2v) is 7.97. The van der Waals surface area contributed by atoms with Crippen molar-refractivity contribution in [2.45, 2.75) is 18.0 Å². The molecule has 1 aromatic carbocycles. The monoisotopic (exact) mass is 392 g/mol. The Bertz CT molecular complexity index is 1170. The minimum absolute atomic E-state index is 0.0864. The highest BCUT2D eigenvalue weighted by Crippen LogP contribution is 2.28. The lowest BCUT2D eigenvalue weighted by atomic mass is 10.2. The second-order valence-electron chi connectivity index (χ2n) is 5.94. The number of pyridine rings is 1. The van der Waals surface area contributed by atoms with Crippen LogP contribution >= 0.6 is 23.1 Å². The van der Waals surface area contributed by atoms with Gasteiger partial charge in [-0.25, -0.2) is 9.78 Å². The Morgan fingerprint density at radius 2 is 2.07 bits per heavy atom. The van der Waals surface area contributed by atoms with Crippen LogP contribution in [0.2, 0.25) is 0 Å². The van der Waals surface area contributed by atoms with Gasteiger partial charge in [0.15, 0.2) is 0 Å². The summed E-state index contributed by atoms with van der Waals surface area (Å²) in [5.74, 6) is 0.779. The Hall–Kier alpha value is -2.82. The van der Waals surface area contributed by atoms with Crippen molar-refractivity contribution >= 4 is 34.1 Å². The molecule has 0 aliphatic rings. The van der Waals surface area contributed by atoms with Gasteiger partial charge in [0.2, 0.25) is 0 Å². The Balaban J connectivity index is 1.46. The van der Waals surface area contributed by atoms with Gasteiger partial charge in [-0.05, 0) is 42.1 Å². The smallest absolute Gasteiger partial charge is 0.306 e. The molecule has 4 rings (SSSR count). The summed E-state index contributed by atoms with van der Waals surface area (Å²) in [5, 5.41) is 12.1. The second kappa shape index (κ2) is 7.82. The lowest BCUT2D eigenvalue weighted by Gasteiger charge is -2.06. The van der Waals surface area contributed by atoms with Gasteiger partial charge in [0, 0.05) is 12.3 Å². The van der Waals surface area contributed by atoms with Crippen LogP contribution in [0.1, 0.15) is 12.0 Å². The van der Waals surface area contributed by atoms with Crippen LogP contribution in [0, 0.1) is 11.3 Å². The molecular formula is C20H16N4OS2. The van der Waals surface area contributed by atoms with Gasteiger partial charge in [-0.2, -0.15) is 5.26 Å². The molecule has 0 saturated heterocycles. The standard InChI is InChI=1S/C20H16N4OS2/c21-13-14-8-9-16(18-7-3-11-26-18)22-19(14)27-12-4-10-24-17-6-2-1-5-15(17)23-20(24)25/h1-3,5-9,11H,4,10,12H2,(H,23,25). The third-order valence-electron chi connectivity index (χ3n) is 4.20. The van der Waals surface area contributed by atoms with E-state index in [4.69, 9.17) is 0 Å². The molecule has 0 aliphatic heterocycles. The number of thiophene rings is 1. The number of thioether (sulfide) groups is 1. The summed E-state index contributed by atoms with van der Waals surface area (Å²) in [6.07, 6.45) is 0.808. The van der Waals surface area contributed by atoms with E-state index in [1.165, 1.54) is 0 Å². The Morgan fingerprint density at radius 1 is 1.19 bits per heavy atom. The maximum atomic E-state index is 12.1. The van der Waals surface area contributed by atoms with Gasteiger partial charge in [-0.1, -0.05) is 18.2 Å². The molecule has 3 heterocycles. The highest BCUT2D eigenvalue weighted by molar-refractivity contribution is 7.99. The molecule has 0 bridgehead atoms. The van der Waals surface area contributed by atoms with Crippen LogP contribution in [0.4, 0.5) is 0 Å². The van der Waals surface area contributed by atoms with Gasteiger partial charge in [0.25, 0.3) is 0 Å². The maximum absolute atomic E-state index is 12.1. The Labute approximate surface area is 164 Å². The van der Waals surface area contributed by atoms with E-state index < -0.39 is 0 Å². The number of aryl methyl sites for hydroxylation is 1. The predicted molar refractivity (Wildman–Crippen MR) is 110 cm³/mol. The molecule has 134 valence electrons. The van der Waals surface area contributed by atoms with Gasteiger partial charge >= 0.3 is 5.69 Å². The first-order valence-corrected chi connectivity index (χ1v) is 10.4. The zero-order valence-corrected chi connectivity index (χ0v) is 16.0. The third kappa shape index (κ3) is 3.68. The molecule has 0 atom stereocenters. The van der Waals surface area contributed by atoms with E-state index in [-0.39, 0.29) is 5.69 Å². The Kier molecular flexibility index (Phi) is 5.10. The number of benzene rings is 1. The van der Waals surface area contributed by atoms with Crippen LogP contribution in [0.3, 0.4) is 0 Å². The highest BCUT2D eigenvalue weighted by atomic mass is 32.2. The van der Waals surface area contributed by atoms with Crippen molar-refractivity contribution in [2.75, 3.05) is 5.75 Å². The summed E-state index contributed by atoms with van der Waals surface area (Å²) >= 11 is 3.19. The number of nitrogens with one attached hydrogen (secondary N) is 1. The Morgan fingerprint density at radius 3 is 2.89 bits per heavy atom. The number of rotatable bonds is 6. The minimum Gasteiger partial charge on any atom is -0.306 e. The van der Waals surface area contributed by atoms with E-state index in [0.29, 0.717) is 12.1 Å². The topological polar surface area (TPSA) is 74.5 Å². The summed E-state index contributed by atoms with van der Waals surface area (Å²) < 4.78 is 1.76. The number of hydrogen-bond donors (Lipinski definition) is 1. The molecular weight excluding hydrogens is 376 g/mol. The molecule has 0 fully saturated rings. The van der Waals surface area contributed by atoms with E-state index in [1.807, 2.05) is 53.9 Å². The lowest BCUT2D eigenvalue weighted by Crippen LogP contribution is -2.17. The van der Waals surface area contributed by atoms with Crippen molar-refractivity contribution in [3.63, 3.8) is 0 Å². The predicted octanol–water partition coefficient (Wildman–Crippen LogP) is 4.51. The SMILES string of the molecule is N#Cc1ccc(-c2cccs2)nc1SCCCn1c(=O)[nH]c2ccccc21. The van der Waals surface area contributed by atoms with Gasteiger partial charge in [0.05, 0.1) is 27.2 Å². The maximum Gasteiger partial charge on any atom is 0.326 e. The molecule has 3 aromatic heterocycles. The van der Waals surface area contributed by atoms with Gasteiger partial charge < -0.3 is 4.98 Å². The van der Waals surface area contributed by atoms with E-state index >= 15 is 0 Å². The molecule has 27 heavy (non-hydrogen) atoms. The number of para-hydroxylation sites is 2. The van der Waals surface area contributed by atoms with Crippen molar-refractivity contribution in [2.24, 2.45) is 0 Å². The number of aromatic nitrogens is 3. The zero-order valence-electron chi connectivity index (χ0n) is 14.4. The van der Waals surface area contributed by atoms with Crippen molar-refractivity contribution in [3.8, 4) is 16.6 Å². The lowest BCUT2D eigenvalue weighted by molar-refractivity contribution is 0.679. The van der Waals surface area contributed by atoms with Crippen LogP contribution in [-0.4, -0.2) is 20.3 Å². The van der Waals surface area contributed by atoms with Crippen LogP contribution in [-0.2, 0) is 6.54 Å². The average molecular weight is 393 g/mol. The van der Waals surface area contributed by atoms with Gasteiger partial charge in [0.1, 0.15) is 11.1 Å². The van der Waals surface area contributed by atoms with Crippen molar-refractivity contribution in [1.29, 1.82) is 5.26 Å². The summed E-state index contributed by atoms with van der Waals surface area (Å²) in [4.78, 5) is 20.8. The number of nitrogens with zero attached hydrogens (tertiary/aromatic N) is 3. The van der Waals surface area contributed by atoms with Crippen LogP contribution in [0.15, 0.2) is 63.7 Å². The summed E-state index contributed by atoms with van der Waals surface area (Å²) in [6, 6.07) is 17.6. The van der Waals surface area contributed by atoms with Crippen LogP contribution < -0.4 is 5.69 Å². The fourth-order valence-corrected chi connectivity index (χ4v) is 4.51. The molecule has 1 N–H and O–H groups in total. The van der Waals surface area contributed by atoms with Crippen molar-refractivity contribution in [3.05, 3.63) is 70.0 Å². The summed E-state index contributed by atoms with van der Waals surface area (Å²) in [7, 11) is 0. The van der Waals surface area contributed by atoms with E-state index in [0.717, 1.165) is 38.8 Å². The highest BCUT2D eigenvalue weighted by Gasteiger charge is 2.10. The number of H-pyrrole nitrogens is 1. The summed E-state index contributed by atoms with van der Waals surface area (Å²) in [6.45, 7) is 0.627. The largest absolute Gasteiger partial charge is 0.326 e. The molecule has 0 aliphatic carbocycles. The number of hydrogen-bond acceptors (Lipinski definition) is 5. The van der Waals surface area contributed by atoms with Gasteiger partial charge in [-0.15, -0.1) is 23.1 Å².